The summed E-state index contributed by atoms with van der Waals surface area (Å²) in [5.74, 6) is 5.31. The molecule has 0 unspecified atom stereocenters. The molecule has 0 radical (unpaired) electrons. The van der Waals surface area contributed by atoms with Gasteiger partial charge in [-0.05, 0) is 48.2 Å². The van der Waals surface area contributed by atoms with Crippen LogP contribution >= 0.6 is 0 Å². The van der Waals surface area contributed by atoms with Gasteiger partial charge in [-0.25, -0.2) is 0 Å². The van der Waals surface area contributed by atoms with E-state index in [0.717, 1.165) is 13.0 Å². The Labute approximate surface area is 190 Å². The average molecular weight is 451 g/mol. The summed E-state index contributed by atoms with van der Waals surface area (Å²) in [6.45, 7) is 16.3. The lowest BCUT2D eigenvalue weighted by Gasteiger charge is -2.42. The summed E-state index contributed by atoms with van der Waals surface area (Å²) in [7, 11) is 0.709. The number of hydrogen-bond donors (Lipinski definition) is 0. The van der Waals surface area contributed by atoms with E-state index in [1.165, 1.54) is 14.2 Å². The molecule has 1 rings (SSSR count). The maximum atomic E-state index is 12.5. The van der Waals surface area contributed by atoms with Gasteiger partial charge in [-0.1, -0.05) is 53.7 Å². The Morgan fingerprint density at radius 2 is 1.55 bits per heavy atom. The summed E-state index contributed by atoms with van der Waals surface area (Å²) in [6, 6.07) is 0. The molecule has 1 saturated carbocycles. The van der Waals surface area contributed by atoms with E-state index in [0.29, 0.717) is 28.5 Å². The van der Waals surface area contributed by atoms with E-state index < -0.39 is 25.7 Å². The minimum Gasteiger partial charge on any atom is -0.468 e. The molecule has 0 spiro atoms. The third-order valence-electron chi connectivity index (χ3n) is 6.80. The Kier molecular flexibility index (Phi) is 10.5. The summed E-state index contributed by atoms with van der Waals surface area (Å²) < 4.78 is 16.6. The molecule has 176 valence electrons. The quantitative estimate of drug-likeness (QED) is 0.129. The molecule has 0 N–H and O–H groups in total. The zero-order chi connectivity index (χ0) is 23.8. The average Bonchev–Trinajstić information content (AvgIpc) is 3.47. The molecule has 1 aliphatic rings. The highest BCUT2D eigenvalue weighted by Crippen LogP contribution is 2.46. The van der Waals surface area contributed by atoms with E-state index in [1.807, 2.05) is 6.08 Å². The van der Waals surface area contributed by atoms with Crippen molar-refractivity contribution >= 4 is 20.3 Å². The molecule has 1 fully saturated rings. The second-order valence-electron chi connectivity index (χ2n) is 9.59. The van der Waals surface area contributed by atoms with Gasteiger partial charge in [0, 0.05) is 13.0 Å². The van der Waals surface area contributed by atoms with Crippen LogP contribution in [0.25, 0.3) is 0 Å². The Bertz CT molecular complexity index is 661. The standard InChI is InChI=1S/C25H42O5Si/c1-10-11-14-25(23(26)28-8,24(27)29-9)15-12-13-21-16-22(21)17-30-31(18(2)3,19(4)5)20(6)7/h12-13,18-22H,14-17H2,1-9H3/b13-12+/t21-,22+/m1/s1. The first-order valence-electron chi connectivity index (χ1n) is 11.4. The molecule has 1 aliphatic carbocycles. The Morgan fingerprint density at radius 3 is 1.97 bits per heavy atom. The Hall–Kier alpha value is -1.58. The van der Waals surface area contributed by atoms with E-state index in [-0.39, 0.29) is 12.8 Å². The van der Waals surface area contributed by atoms with Gasteiger partial charge in [0.05, 0.1) is 14.2 Å². The molecule has 0 saturated heterocycles. The summed E-state index contributed by atoms with van der Waals surface area (Å²) in [6.07, 6.45) is 5.39. The van der Waals surface area contributed by atoms with Crippen molar-refractivity contribution in [3.8, 4) is 11.8 Å². The van der Waals surface area contributed by atoms with E-state index in [9.17, 15) is 9.59 Å². The number of allylic oxidation sites excluding steroid dienone is 2. The van der Waals surface area contributed by atoms with Gasteiger partial charge in [0.25, 0.3) is 0 Å². The molecule has 0 heterocycles. The molecule has 0 aromatic carbocycles. The van der Waals surface area contributed by atoms with Gasteiger partial charge in [-0.3, -0.25) is 9.59 Å². The first-order valence-corrected chi connectivity index (χ1v) is 13.5. The van der Waals surface area contributed by atoms with E-state index in [1.54, 1.807) is 6.92 Å². The fourth-order valence-electron chi connectivity index (χ4n) is 4.99. The minimum atomic E-state index is -1.86. The number of esters is 2. The topological polar surface area (TPSA) is 61.8 Å². The van der Waals surface area contributed by atoms with Crippen molar-refractivity contribution in [1.82, 2.24) is 0 Å². The Morgan fingerprint density at radius 1 is 1.03 bits per heavy atom. The van der Waals surface area contributed by atoms with E-state index in [4.69, 9.17) is 13.9 Å². The normalized spacial score (nSPS) is 19.0. The number of methoxy groups -OCH3 is 2. The van der Waals surface area contributed by atoms with Crippen molar-refractivity contribution in [2.75, 3.05) is 20.8 Å². The van der Waals surface area contributed by atoms with Crippen LogP contribution in [0.1, 0.15) is 67.7 Å². The molecule has 2 atom stereocenters. The van der Waals surface area contributed by atoms with Crippen LogP contribution in [0.15, 0.2) is 12.2 Å². The second-order valence-corrected chi connectivity index (χ2v) is 15.0. The SMILES string of the molecule is CC#CCC(C/C=C/[C@@H]1C[C@H]1CO[Si](C(C)C)(C(C)C)C(C)C)(C(=O)OC)C(=O)OC. The van der Waals surface area contributed by atoms with Gasteiger partial charge >= 0.3 is 11.9 Å². The molecule has 6 heteroatoms. The highest BCUT2D eigenvalue weighted by Gasteiger charge is 2.48. The molecule has 31 heavy (non-hydrogen) atoms. The lowest BCUT2D eigenvalue weighted by Crippen LogP contribution is -2.48. The van der Waals surface area contributed by atoms with Crippen LogP contribution in [-0.2, 0) is 23.5 Å². The van der Waals surface area contributed by atoms with Gasteiger partial charge in [0.1, 0.15) is 0 Å². The smallest absolute Gasteiger partial charge is 0.324 e. The number of rotatable bonds is 12. The second kappa shape index (κ2) is 11.9. The maximum Gasteiger partial charge on any atom is 0.324 e. The van der Waals surface area contributed by atoms with Crippen LogP contribution in [0.5, 0.6) is 0 Å². The zero-order valence-electron chi connectivity index (χ0n) is 20.9. The number of carbonyl (C=O) groups is 2. The fourth-order valence-corrected chi connectivity index (χ4v) is 10.5. The minimum absolute atomic E-state index is 0.0790. The maximum absolute atomic E-state index is 12.5. The van der Waals surface area contributed by atoms with Crippen LogP contribution in [0.3, 0.4) is 0 Å². The molecule has 0 amide bonds. The lowest BCUT2D eigenvalue weighted by atomic mass is 9.81. The molecule has 0 aromatic rings. The van der Waals surface area contributed by atoms with Crippen molar-refractivity contribution in [3.63, 3.8) is 0 Å². The first kappa shape index (κ1) is 27.5. The third kappa shape index (κ3) is 6.23. The number of carbonyl (C=O) groups excluding carboxylic acids is 2. The molecular weight excluding hydrogens is 408 g/mol. The van der Waals surface area contributed by atoms with E-state index in [2.05, 4.69) is 59.5 Å². The van der Waals surface area contributed by atoms with Gasteiger partial charge in [0.2, 0.25) is 0 Å². The zero-order valence-corrected chi connectivity index (χ0v) is 21.9. The summed E-state index contributed by atoms with van der Waals surface area (Å²) in [5.41, 5.74) is 0.292. The van der Waals surface area contributed by atoms with E-state index >= 15 is 0 Å². The van der Waals surface area contributed by atoms with Crippen LogP contribution in [0.2, 0.25) is 16.6 Å². The first-order chi connectivity index (χ1) is 14.5. The predicted molar refractivity (Wildman–Crippen MR) is 127 cm³/mol. The van der Waals surface area contributed by atoms with Crippen molar-refractivity contribution < 1.29 is 23.5 Å². The lowest BCUT2D eigenvalue weighted by molar-refractivity contribution is -0.168. The summed E-state index contributed by atoms with van der Waals surface area (Å²) in [5, 5.41) is 0. The monoisotopic (exact) mass is 450 g/mol. The third-order valence-corrected chi connectivity index (χ3v) is 12.9. The van der Waals surface area contributed by atoms with Gasteiger partial charge in [-0.2, -0.15) is 0 Å². The van der Waals surface area contributed by atoms with Gasteiger partial charge in [-0.15, -0.1) is 11.8 Å². The number of ether oxygens (including phenoxy) is 2. The fraction of sp³-hybridized carbons (Fsp3) is 0.760. The van der Waals surface area contributed by atoms with Crippen LogP contribution in [-0.4, -0.2) is 41.1 Å². The van der Waals surface area contributed by atoms with Crippen LogP contribution < -0.4 is 0 Å². The van der Waals surface area contributed by atoms with Crippen molar-refractivity contribution in [2.45, 2.75) is 84.4 Å². The van der Waals surface area contributed by atoms with Crippen molar-refractivity contribution in [1.29, 1.82) is 0 Å². The van der Waals surface area contributed by atoms with Crippen LogP contribution in [0.4, 0.5) is 0 Å². The highest BCUT2D eigenvalue weighted by atomic mass is 28.4. The largest absolute Gasteiger partial charge is 0.468 e. The molecule has 0 aliphatic heterocycles. The van der Waals surface area contributed by atoms with Gasteiger partial charge in [0.15, 0.2) is 13.7 Å². The molecule has 5 nitrogen and oxygen atoms in total. The number of hydrogen-bond acceptors (Lipinski definition) is 5. The van der Waals surface area contributed by atoms with Crippen molar-refractivity contribution in [2.24, 2.45) is 17.3 Å². The van der Waals surface area contributed by atoms with Crippen molar-refractivity contribution in [3.05, 3.63) is 12.2 Å². The summed E-state index contributed by atoms with van der Waals surface area (Å²) >= 11 is 0. The molecule has 0 bridgehead atoms. The Balaban J connectivity index is 2.83. The van der Waals surface area contributed by atoms with Crippen LogP contribution in [0, 0.1) is 29.1 Å². The molecular formula is C25H42O5Si. The highest BCUT2D eigenvalue weighted by molar-refractivity contribution is 6.77. The summed E-state index contributed by atoms with van der Waals surface area (Å²) in [4.78, 5) is 24.9. The van der Waals surface area contributed by atoms with Gasteiger partial charge < -0.3 is 13.9 Å². The predicted octanol–water partition coefficient (Wildman–Crippen LogP) is 5.51. The molecule has 0 aromatic heterocycles.